The fourth-order valence-electron chi connectivity index (χ4n) is 4.37. The van der Waals surface area contributed by atoms with E-state index in [2.05, 4.69) is 36.1 Å². The normalized spacial score (nSPS) is 16.4. The van der Waals surface area contributed by atoms with E-state index in [-0.39, 0.29) is 11.9 Å². The largest absolute Gasteiger partial charge is 0.356 e. The van der Waals surface area contributed by atoms with Gasteiger partial charge in [0.05, 0.1) is 29.4 Å². The summed E-state index contributed by atoms with van der Waals surface area (Å²) in [4.78, 5) is 25.0. The Labute approximate surface area is 190 Å². The van der Waals surface area contributed by atoms with Crippen molar-refractivity contribution in [2.75, 3.05) is 6.54 Å². The summed E-state index contributed by atoms with van der Waals surface area (Å²) in [6.07, 6.45) is 7.02. The number of hydrogen-bond acceptors (Lipinski definition) is 5. The van der Waals surface area contributed by atoms with Gasteiger partial charge in [-0.1, -0.05) is 41.9 Å². The maximum atomic E-state index is 13.4. The second-order valence-corrected chi connectivity index (χ2v) is 8.82. The van der Waals surface area contributed by atoms with Crippen molar-refractivity contribution in [1.82, 2.24) is 20.0 Å². The lowest BCUT2D eigenvalue weighted by molar-refractivity contribution is -0.134. The number of piperidine rings is 1. The van der Waals surface area contributed by atoms with Crippen LogP contribution in [-0.2, 0) is 17.6 Å². The second kappa shape index (κ2) is 9.63. The Morgan fingerprint density at radius 3 is 2.62 bits per heavy atom. The first-order valence-corrected chi connectivity index (χ1v) is 11.6. The predicted octanol–water partition coefficient (Wildman–Crippen LogP) is 5.31. The topological polar surface area (TPSA) is 72.1 Å². The lowest BCUT2D eigenvalue weighted by Gasteiger charge is -2.36. The summed E-state index contributed by atoms with van der Waals surface area (Å²) in [5.74, 6) is 1.67. The minimum Gasteiger partial charge on any atom is -0.356 e. The van der Waals surface area contributed by atoms with E-state index < -0.39 is 0 Å². The van der Waals surface area contributed by atoms with Gasteiger partial charge >= 0.3 is 0 Å². The molecule has 0 spiro atoms. The fourth-order valence-corrected chi connectivity index (χ4v) is 4.37. The van der Waals surface area contributed by atoms with Crippen molar-refractivity contribution in [2.24, 2.45) is 0 Å². The zero-order valence-electron chi connectivity index (χ0n) is 19.5. The average molecular weight is 433 g/mol. The number of likely N-dealkylation sites (tertiary alicyclic amines) is 1. The zero-order valence-corrected chi connectivity index (χ0v) is 19.5. The Morgan fingerprint density at radius 1 is 1.16 bits per heavy atom. The Balaban J connectivity index is 1.71. The summed E-state index contributed by atoms with van der Waals surface area (Å²) >= 11 is 0. The number of carbonyl (C=O) groups is 1. The molecule has 1 atom stereocenters. The van der Waals surface area contributed by atoms with Gasteiger partial charge in [-0.05, 0) is 52.0 Å². The van der Waals surface area contributed by atoms with E-state index in [1.807, 2.05) is 37.1 Å². The summed E-state index contributed by atoms with van der Waals surface area (Å²) in [6, 6.07) is 8.13. The van der Waals surface area contributed by atoms with Gasteiger partial charge in [-0.2, -0.15) is 0 Å². The number of hydrogen-bond donors (Lipinski definition) is 0. The molecule has 1 aliphatic heterocycles. The molecule has 1 unspecified atom stereocenters. The van der Waals surface area contributed by atoms with Gasteiger partial charge in [0.15, 0.2) is 5.76 Å². The van der Waals surface area contributed by atoms with E-state index in [0.29, 0.717) is 12.2 Å². The van der Waals surface area contributed by atoms with E-state index >= 15 is 0 Å². The molecule has 0 bridgehead atoms. The molecule has 4 rings (SSSR count). The van der Waals surface area contributed by atoms with Gasteiger partial charge in [0.2, 0.25) is 5.91 Å². The van der Waals surface area contributed by atoms with Crippen molar-refractivity contribution >= 4 is 5.91 Å². The standard InChI is InChI=1S/C26H32N4O2/c1-5-8-23-27-16-21(26-18(3)19(4)29-32-26)25(28-23)22-9-6-7-14-30(22)24(31)15-20-12-10-17(2)11-13-20/h10-13,16,22H,5-9,14-15H2,1-4H3. The van der Waals surface area contributed by atoms with Crippen molar-refractivity contribution < 1.29 is 9.32 Å². The summed E-state index contributed by atoms with van der Waals surface area (Å²) in [6.45, 7) is 8.87. The zero-order chi connectivity index (χ0) is 22.7. The minimum absolute atomic E-state index is 0.0832. The molecule has 0 radical (unpaired) electrons. The van der Waals surface area contributed by atoms with Crippen LogP contribution in [0.3, 0.4) is 0 Å². The molecule has 168 valence electrons. The van der Waals surface area contributed by atoms with Crippen LogP contribution < -0.4 is 0 Å². The lowest BCUT2D eigenvalue weighted by Crippen LogP contribution is -2.40. The van der Waals surface area contributed by atoms with Crippen LogP contribution in [0.25, 0.3) is 11.3 Å². The van der Waals surface area contributed by atoms with E-state index in [4.69, 9.17) is 9.51 Å². The van der Waals surface area contributed by atoms with Gasteiger partial charge in [-0.25, -0.2) is 9.97 Å². The summed E-state index contributed by atoms with van der Waals surface area (Å²) in [5, 5.41) is 4.14. The van der Waals surface area contributed by atoms with E-state index in [9.17, 15) is 4.79 Å². The molecule has 32 heavy (non-hydrogen) atoms. The third-order valence-corrected chi connectivity index (χ3v) is 6.36. The molecule has 1 aromatic carbocycles. The number of carbonyl (C=O) groups excluding carboxylic acids is 1. The van der Waals surface area contributed by atoms with Crippen LogP contribution >= 0.6 is 0 Å². The molecule has 1 amide bonds. The molecule has 0 N–H and O–H groups in total. The third-order valence-electron chi connectivity index (χ3n) is 6.36. The first-order valence-electron chi connectivity index (χ1n) is 11.6. The Morgan fingerprint density at radius 2 is 1.94 bits per heavy atom. The molecule has 2 aromatic heterocycles. The van der Waals surface area contributed by atoms with E-state index in [0.717, 1.165) is 72.6 Å². The molecular weight excluding hydrogens is 400 g/mol. The van der Waals surface area contributed by atoms with Crippen molar-refractivity contribution in [1.29, 1.82) is 0 Å². The number of nitrogens with zero attached hydrogens (tertiary/aromatic N) is 4. The highest BCUT2D eigenvalue weighted by molar-refractivity contribution is 5.80. The summed E-state index contributed by atoms with van der Waals surface area (Å²) in [7, 11) is 0. The first-order chi connectivity index (χ1) is 15.5. The Kier molecular flexibility index (Phi) is 6.68. The maximum absolute atomic E-state index is 13.4. The third kappa shape index (κ3) is 4.59. The van der Waals surface area contributed by atoms with Crippen LogP contribution in [0.15, 0.2) is 35.0 Å². The van der Waals surface area contributed by atoms with Gasteiger partial charge in [-0.3, -0.25) is 4.79 Å². The van der Waals surface area contributed by atoms with Gasteiger partial charge in [0.25, 0.3) is 0 Å². The number of benzene rings is 1. The van der Waals surface area contributed by atoms with Crippen LogP contribution in [0.1, 0.15) is 72.6 Å². The van der Waals surface area contributed by atoms with Crippen LogP contribution in [0.5, 0.6) is 0 Å². The van der Waals surface area contributed by atoms with Gasteiger partial charge in [0, 0.05) is 24.7 Å². The van der Waals surface area contributed by atoms with Crippen LogP contribution in [0.2, 0.25) is 0 Å². The van der Waals surface area contributed by atoms with Crippen LogP contribution in [0.4, 0.5) is 0 Å². The molecule has 1 saturated heterocycles. The first kappa shape index (κ1) is 22.2. The summed E-state index contributed by atoms with van der Waals surface area (Å²) < 4.78 is 5.68. The van der Waals surface area contributed by atoms with Crippen molar-refractivity contribution in [3.63, 3.8) is 0 Å². The SMILES string of the molecule is CCCc1ncc(-c2onc(C)c2C)c(C2CCCCN2C(=O)Cc2ccc(C)cc2)n1. The van der Waals surface area contributed by atoms with E-state index in [1.165, 1.54) is 5.56 Å². The number of aryl methyl sites for hydroxylation is 3. The monoisotopic (exact) mass is 432 g/mol. The number of amides is 1. The molecular formula is C26H32N4O2. The molecule has 1 aliphatic rings. The number of aromatic nitrogens is 3. The molecule has 0 saturated carbocycles. The number of rotatable bonds is 6. The quantitative estimate of drug-likeness (QED) is 0.528. The molecule has 6 heteroatoms. The molecule has 3 heterocycles. The predicted molar refractivity (Wildman–Crippen MR) is 124 cm³/mol. The highest BCUT2D eigenvalue weighted by Crippen LogP contribution is 2.37. The van der Waals surface area contributed by atoms with Gasteiger partial charge in [0.1, 0.15) is 5.82 Å². The van der Waals surface area contributed by atoms with Gasteiger partial charge < -0.3 is 9.42 Å². The van der Waals surface area contributed by atoms with Crippen molar-refractivity contribution in [3.8, 4) is 11.3 Å². The Bertz CT molecular complexity index is 1090. The van der Waals surface area contributed by atoms with E-state index in [1.54, 1.807) is 0 Å². The molecule has 0 aliphatic carbocycles. The Hall–Kier alpha value is -3.02. The minimum atomic E-state index is -0.0832. The smallest absolute Gasteiger partial charge is 0.227 e. The molecule has 3 aromatic rings. The van der Waals surface area contributed by atoms with Crippen LogP contribution in [0, 0.1) is 20.8 Å². The maximum Gasteiger partial charge on any atom is 0.227 e. The fraction of sp³-hybridized carbons (Fsp3) is 0.462. The lowest BCUT2D eigenvalue weighted by atomic mass is 9.94. The second-order valence-electron chi connectivity index (χ2n) is 8.82. The van der Waals surface area contributed by atoms with Crippen molar-refractivity contribution in [3.05, 3.63) is 64.4 Å². The van der Waals surface area contributed by atoms with Gasteiger partial charge in [-0.15, -0.1) is 0 Å². The molecule has 1 fully saturated rings. The highest BCUT2D eigenvalue weighted by Gasteiger charge is 2.32. The van der Waals surface area contributed by atoms with Crippen LogP contribution in [-0.4, -0.2) is 32.5 Å². The average Bonchev–Trinajstić information content (AvgIpc) is 3.13. The molecule has 6 nitrogen and oxygen atoms in total. The van der Waals surface area contributed by atoms with Crippen molar-refractivity contribution in [2.45, 2.75) is 72.3 Å². The highest BCUT2D eigenvalue weighted by atomic mass is 16.5. The summed E-state index contributed by atoms with van der Waals surface area (Å²) in [5.41, 5.74) is 5.83.